The smallest absolute Gasteiger partial charge is 0.162 e. The maximum absolute atomic E-state index is 11.9. The van der Waals surface area contributed by atoms with Crippen LogP contribution in [-0.4, -0.2) is 23.1 Å². The molecule has 1 atom stereocenters. The van der Waals surface area contributed by atoms with Crippen molar-refractivity contribution < 1.29 is 14.6 Å². The molecule has 2 aliphatic rings. The second-order valence-corrected chi connectivity index (χ2v) is 5.73. The van der Waals surface area contributed by atoms with Crippen LogP contribution in [-0.2, 0) is 9.53 Å². The fraction of sp³-hybridized carbons (Fsp3) is 0.750. The molecule has 1 unspecified atom stereocenters. The highest BCUT2D eigenvalue weighted by atomic mass is 16.5. The number of hydrogen-bond donors (Lipinski definition) is 1. The molecule has 1 N–H and O–H groups in total. The molecule has 0 saturated carbocycles. The van der Waals surface area contributed by atoms with Gasteiger partial charge in [-0.05, 0) is 12.3 Å². The Hall–Kier alpha value is -0.830. The SMILES string of the molecule is CC1(C)CC(=O)C2=C(C1)OC(C)(CO)C2. The van der Waals surface area contributed by atoms with Gasteiger partial charge in [-0.25, -0.2) is 0 Å². The van der Waals surface area contributed by atoms with Gasteiger partial charge in [0.15, 0.2) is 5.78 Å². The topological polar surface area (TPSA) is 46.5 Å². The Morgan fingerprint density at radius 2 is 1.93 bits per heavy atom. The van der Waals surface area contributed by atoms with E-state index < -0.39 is 5.60 Å². The molecule has 0 aromatic carbocycles. The Labute approximate surface area is 90.1 Å². The van der Waals surface area contributed by atoms with Gasteiger partial charge in [-0.3, -0.25) is 4.79 Å². The van der Waals surface area contributed by atoms with Gasteiger partial charge in [0.2, 0.25) is 0 Å². The normalized spacial score (nSPS) is 34.0. The molecule has 0 spiro atoms. The molecule has 0 aromatic heterocycles. The first kappa shape index (κ1) is 10.7. The maximum atomic E-state index is 11.9. The van der Waals surface area contributed by atoms with E-state index in [2.05, 4.69) is 13.8 Å². The second kappa shape index (κ2) is 3.08. The number of aliphatic hydroxyl groups excluding tert-OH is 1. The molecule has 0 amide bonds. The standard InChI is InChI=1S/C12H18O3/c1-11(2)5-9(14)8-4-12(3,7-13)15-10(8)6-11/h13H,4-7H2,1-3H3. The van der Waals surface area contributed by atoms with Crippen molar-refractivity contribution >= 4 is 5.78 Å². The zero-order valence-corrected chi connectivity index (χ0v) is 9.59. The Kier molecular flexibility index (Phi) is 2.19. The number of ketones is 1. The van der Waals surface area contributed by atoms with Crippen molar-refractivity contribution in [3.8, 4) is 0 Å². The predicted octanol–water partition coefficient (Wildman–Crippen LogP) is 1.80. The molecule has 1 heterocycles. The van der Waals surface area contributed by atoms with Crippen LogP contribution in [0, 0.1) is 5.41 Å². The average Bonchev–Trinajstić information content (AvgIpc) is 2.41. The molecular weight excluding hydrogens is 192 g/mol. The van der Waals surface area contributed by atoms with Crippen LogP contribution in [0.15, 0.2) is 11.3 Å². The van der Waals surface area contributed by atoms with Crippen molar-refractivity contribution in [3.63, 3.8) is 0 Å². The molecule has 84 valence electrons. The van der Waals surface area contributed by atoms with E-state index in [-0.39, 0.29) is 17.8 Å². The number of ether oxygens (including phenoxy) is 1. The van der Waals surface area contributed by atoms with Crippen molar-refractivity contribution in [1.29, 1.82) is 0 Å². The fourth-order valence-corrected chi connectivity index (χ4v) is 2.39. The number of carbonyl (C=O) groups is 1. The molecule has 0 bridgehead atoms. The summed E-state index contributed by atoms with van der Waals surface area (Å²) in [4.78, 5) is 11.9. The van der Waals surface area contributed by atoms with Gasteiger partial charge in [0.25, 0.3) is 0 Å². The van der Waals surface area contributed by atoms with Crippen LogP contribution in [0.2, 0.25) is 0 Å². The number of allylic oxidation sites excluding steroid dienone is 1. The van der Waals surface area contributed by atoms with Crippen molar-refractivity contribution in [1.82, 2.24) is 0 Å². The van der Waals surface area contributed by atoms with Gasteiger partial charge in [-0.2, -0.15) is 0 Å². The third-order valence-electron chi connectivity index (χ3n) is 3.21. The highest BCUT2D eigenvalue weighted by Gasteiger charge is 2.44. The summed E-state index contributed by atoms with van der Waals surface area (Å²) in [6, 6.07) is 0. The first-order valence-corrected chi connectivity index (χ1v) is 5.40. The number of aliphatic hydroxyl groups is 1. The van der Waals surface area contributed by atoms with E-state index in [1.54, 1.807) is 0 Å². The molecule has 15 heavy (non-hydrogen) atoms. The summed E-state index contributed by atoms with van der Waals surface area (Å²) in [6.45, 7) is 5.97. The molecular formula is C12H18O3. The zero-order valence-electron chi connectivity index (χ0n) is 9.59. The van der Waals surface area contributed by atoms with Gasteiger partial charge in [0.1, 0.15) is 11.4 Å². The Morgan fingerprint density at radius 3 is 2.53 bits per heavy atom. The quantitative estimate of drug-likeness (QED) is 0.718. The maximum Gasteiger partial charge on any atom is 0.162 e. The van der Waals surface area contributed by atoms with Gasteiger partial charge in [-0.15, -0.1) is 0 Å². The molecule has 1 aliphatic heterocycles. The lowest BCUT2D eigenvalue weighted by molar-refractivity contribution is -0.118. The molecule has 0 fully saturated rings. The van der Waals surface area contributed by atoms with Crippen molar-refractivity contribution in [2.45, 2.75) is 45.6 Å². The third-order valence-corrected chi connectivity index (χ3v) is 3.21. The number of rotatable bonds is 1. The van der Waals surface area contributed by atoms with Gasteiger partial charge in [0, 0.05) is 24.8 Å². The highest BCUT2D eigenvalue weighted by Crippen LogP contribution is 2.45. The molecule has 1 aliphatic carbocycles. The summed E-state index contributed by atoms with van der Waals surface area (Å²) < 4.78 is 5.72. The van der Waals surface area contributed by atoms with Gasteiger partial charge < -0.3 is 9.84 Å². The number of Topliss-reactive ketones (excluding diaryl/α,β-unsaturated/α-hetero) is 1. The van der Waals surface area contributed by atoms with E-state index in [4.69, 9.17) is 4.74 Å². The summed E-state index contributed by atoms with van der Waals surface area (Å²) in [7, 11) is 0. The number of carbonyl (C=O) groups excluding carboxylic acids is 1. The molecule has 0 saturated heterocycles. The minimum absolute atomic E-state index is 0.00335. The molecule has 2 rings (SSSR count). The van der Waals surface area contributed by atoms with Gasteiger partial charge in [-0.1, -0.05) is 13.8 Å². The lowest BCUT2D eigenvalue weighted by atomic mass is 9.76. The minimum Gasteiger partial charge on any atom is -0.489 e. The average molecular weight is 210 g/mol. The van der Waals surface area contributed by atoms with Crippen molar-refractivity contribution in [3.05, 3.63) is 11.3 Å². The minimum atomic E-state index is -0.569. The van der Waals surface area contributed by atoms with Crippen LogP contribution in [0.1, 0.15) is 40.0 Å². The van der Waals surface area contributed by atoms with Crippen LogP contribution in [0.25, 0.3) is 0 Å². The van der Waals surface area contributed by atoms with E-state index in [0.29, 0.717) is 12.8 Å². The molecule has 3 heteroatoms. The van der Waals surface area contributed by atoms with Gasteiger partial charge >= 0.3 is 0 Å². The lowest BCUT2D eigenvalue weighted by Crippen LogP contribution is -2.28. The van der Waals surface area contributed by atoms with Crippen LogP contribution >= 0.6 is 0 Å². The molecule has 0 radical (unpaired) electrons. The summed E-state index contributed by atoms with van der Waals surface area (Å²) in [5.74, 6) is 1.01. The highest BCUT2D eigenvalue weighted by molar-refractivity contribution is 5.97. The van der Waals surface area contributed by atoms with Crippen LogP contribution in [0.4, 0.5) is 0 Å². The lowest BCUT2D eigenvalue weighted by Gasteiger charge is -2.29. The van der Waals surface area contributed by atoms with E-state index >= 15 is 0 Å². The van der Waals surface area contributed by atoms with Crippen molar-refractivity contribution in [2.75, 3.05) is 6.61 Å². The first-order chi connectivity index (χ1) is 6.85. The molecule has 3 nitrogen and oxygen atoms in total. The third kappa shape index (κ3) is 1.81. The van der Waals surface area contributed by atoms with Crippen LogP contribution in [0.3, 0.4) is 0 Å². The summed E-state index contributed by atoms with van der Waals surface area (Å²) in [6.07, 6.45) is 1.97. The van der Waals surface area contributed by atoms with E-state index in [1.165, 1.54) is 0 Å². The summed E-state index contributed by atoms with van der Waals surface area (Å²) in [5.41, 5.74) is 0.239. The second-order valence-electron chi connectivity index (χ2n) is 5.73. The Bertz CT molecular complexity index is 341. The Morgan fingerprint density at radius 1 is 1.27 bits per heavy atom. The largest absolute Gasteiger partial charge is 0.489 e. The molecule has 0 aromatic rings. The van der Waals surface area contributed by atoms with E-state index in [1.807, 2.05) is 6.92 Å². The first-order valence-electron chi connectivity index (χ1n) is 5.40. The van der Waals surface area contributed by atoms with E-state index in [0.717, 1.165) is 17.8 Å². The summed E-state index contributed by atoms with van der Waals surface area (Å²) >= 11 is 0. The van der Waals surface area contributed by atoms with Crippen LogP contribution < -0.4 is 0 Å². The fourth-order valence-electron chi connectivity index (χ4n) is 2.39. The van der Waals surface area contributed by atoms with Crippen LogP contribution in [0.5, 0.6) is 0 Å². The monoisotopic (exact) mass is 210 g/mol. The number of hydrogen-bond acceptors (Lipinski definition) is 3. The van der Waals surface area contributed by atoms with E-state index in [9.17, 15) is 9.90 Å². The zero-order chi connectivity index (χ0) is 11.3. The van der Waals surface area contributed by atoms with Crippen molar-refractivity contribution in [2.24, 2.45) is 5.41 Å². The summed E-state index contributed by atoms with van der Waals surface area (Å²) in [5, 5.41) is 9.23. The Balaban J connectivity index is 2.26. The van der Waals surface area contributed by atoms with Gasteiger partial charge in [0.05, 0.1) is 6.61 Å². The predicted molar refractivity (Wildman–Crippen MR) is 56.2 cm³/mol.